The molecule has 1 rings (SSSR count). The molecule has 6 heteroatoms. The van der Waals surface area contributed by atoms with Crippen LogP contribution in [-0.2, 0) is 9.53 Å². The minimum Gasteiger partial charge on any atom is -0.481 e. The van der Waals surface area contributed by atoms with Gasteiger partial charge >= 0.3 is 5.97 Å². The van der Waals surface area contributed by atoms with Crippen LogP contribution in [0.15, 0.2) is 18.3 Å². The van der Waals surface area contributed by atoms with E-state index in [4.69, 9.17) is 9.47 Å². The fraction of sp³-hybridized carbons (Fsp3) is 0.500. The van der Waals surface area contributed by atoms with Gasteiger partial charge in [0.25, 0.3) is 0 Å². The Kier molecular flexibility index (Phi) is 5.54. The highest BCUT2D eigenvalue weighted by Crippen LogP contribution is 2.21. The molecule has 0 saturated heterocycles. The molecule has 2 N–H and O–H groups in total. The predicted molar refractivity (Wildman–Crippen MR) is 63.0 cm³/mol. The van der Waals surface area contributed by atoms with Gasteiger partial charge in [0.1, 0.15) is 6.10 Å². The Morgan fingerprint density at radius 1 is 1.50 bits per heavy atom. The Balaban J connectivity index is 2.67. The molecule has 0 saturated carbocycles. The normalized spacial score (nSPS) is 13.8. The minimum atomic E-state index is -1.23. The number of aliphatic hydroxyl groups excluding tert-OH is 2. The van der Waals surface area contributed by atoms with E-state index in [2.05, 4.69) is 4.98 Å². The molecule has 2 atom stereocenters. The monoisotopic (exact) mass is 255 g/mol. The van der Waals surface area contributed by atoms with Gasteiger partial charge in [-0.3, -0.25) is 4.79 Å². The van der Waals surface area contributed by atoms with E-state index in [0.717, 1.165) is 0 Å². The van der Waals surface area contributed by atoms with E-state index in [9.17, 15) is 15.0 Å². The second-order valence-corrected chi connectivity index (χ2v) is 3.65. The van der Waals surface area contributed by atoms with E-state index in [-0.39, 0.29) is 13.0 Å². The number of hydrogen-bond donors (Lipinski definition) is 2. The van der Waals surface area contributed by atoms with Crippen molar-refractivity contribution in [2.45, 2.75) is 25.6 Å². The third-order valence-electron chi connectivity index (χ3n) is 2.36. The summed E-state index contributed by atoms with van der Waals surface area (Å²) >= 11 is 0. The summed E-state index contributed by atoms with van der Waals surface area (Å²) in [5.74, 6) is -0.222. The van der Waals surface area contributed by atoms with Gasteiger partial charge < -0.3 is 19.7 Å². The Labute approximate surface area is 105 Å². The first-order valence-corrected chi connectivity index (χ1v) is 5.60. The molecule has 0 aromatic carbocycles. The van der Waals surface area contributed by atoms with Gasteiger partial charge in [-0.2, -0.15) is 0 Å². The number of aliphatic hydroxyl groups is 2. The van der Waals surface area contributed by atoms with Crippen molar-refractivity contribution in [2.75, 3.05) is 13.7 Å². The summed E-state index contributed by atoms with van der Waals surface area (Å²) in [6, 6.07) is 3.04. The topological polar surface area (TPSA) is 88.9 Å². The number of esters is 1. The summed E-state index contributed by atoms with van der Waals surface area (Å²) in [4.78, 5) is 15.1. The summed E-state index contributed by atoms with van der Waals surface area (Å²) < 4.78 is 9.61. The SMILES string of the molecule is CCOC(=O)CC(O)C(O)c1ccnc(OC)c1. The van der Waals surface area contributed by atoms with Crippen molar-refractivity contribution in [2.24, 2.45) is 0 Å². The number of carbonyl (C=O) groups is 1. The number of nitrogens with zero attached hydrogens (tertiary/aromatic N) is 1. The molecule has 0 aliphatic rings. The number of methoxy groups -OCH3 is 1. The van der Waals surface area contributed by atoms with E-state index in [1.54, 1.807) is 13.0 Å². The molecule has 1 aromatic heterocycles. The fourth-order valence-corrected chi connectivity index (χ4v) is 1.44. The molecule has 0 aliphatic carbocycles. The van der Waals surface area contributed by atoms with Crippen molar-refractivity contribution in [3.05, 3.63) is 23.9 Å². The van der Waals surface area contributed by atoms with Crippen LogP contribution in [0.25, 0.3) is 0 Å². The molecular weight excluding hydrogens is 238 g/mol. The highest BCUT2D eigenvalue weighted by Gasteiger charge is 2.22. The van der Waals surface area contributed by atoms with Crippen molar-refractivity contribution in [1.82, 2.24) is 4.98 Å². The summed E-state index contributed by atoms with van der Waals surface area (Å²) in [7, 11) is 1.45. The lowest BCUT2D eigenvalue weighted by atomic mass is 10.0. The lowest BCUT2D eigenvalue weighted by Crippen LogP contribution is -2.23. The van der Waals surface area contributed by atoms with Crippen LogP contribution in [-0.4, -0.2) is 41.0 Å². The van der Waals surface area contributed by atoms with Gasteiger partial charge in [0, 0.05) is 12.3 Å². The molecular formula is C12H17NO5. The standard InChI is InChI=1S/C12H17NO5/c1-3-18-11(15)7-9(14)12(16)8-4-5-13-10(6-8)17-2/h4-6,9,12,14,16H,3,7H2,1-2H3. The first-order chi connectivity index (χ1) is 8.58. The second-order valence-electron chi connectivity index (χ2n) is 3.65. The van der Waals surface area contributed by atoms with E-state index in [1.807, 2.05) is 0 Å². The van der Waals surface area contributed by atoms with Crippen LogP contribution in [0.2, 0.25) is 0 Å². The van der Waals surface area contributed by atoms with Crippen LogP contribution in [0, 0.1) is 0 Å². The molecule has 0 bridgehead atoms. The maximum Gasteiger partial charge on any atom is 0.308 e. The molecule has 0 spiro atoms. The van der Waals surface area contributed by atoms with Gasteiger partial charge in [-0.1, -0.05) is 0 Å². The van der Waals surface area contributed by atoms with Gasteiger partial charge in [-0.15, -0.1) is 0 Å². The average Bonchev–Trinajstić information content (AvgIpc) is 2.38. The van der Waals surface area contributed by atoms with Crippen LogP contribution in [0.3, 0.4) is 0 Å². The molecule has 18 heavy (non-hydrogen) atoms. The predicted octanol–water partition coefficient (Wildman–Crippen LogP) is 0.438. The van der Waals surface area contributed by atoms with E-state index >= 15 is 0 Å². The van der Waals surface area contributed by atoms with Crippen molar-refractivity contribution >= 4 is 5.97 Å². The third kappa shape index (κ3) is 3.97. The molecule has 2 unspecified atom stereocenters. The van der Waals surface area contributed by atoms with Crippen molar-refractivity contribution in [1.29, 1.82) is 0 Å². The Hall–Kier alpha value is -1.66. The Morgan fingerprint density at radius 2 is 2.22 bits per heavy atom. The highest BCUT2D eigenvalue weighted by atomic mass is 16.5. The van der Waals surface area contributed by atoms with Crippen molar-refractivity contribution in [3.8, 4) is 5.88 Å². The number of rotatable bonds is 6. The summed E-state index contributed by atoms with van der Waals surface area (Å²) in [5.41, 5.74) is 0.429. The number of pyridine rings is 1. The zero-order valence-electron chi connectivity index (χ0n) is 10.4. The van der Waals surface area contributed by atoms with Gasteiger partial charge in [0.2, 0.25) is 5.88 Å². The first-order valence-electron chi connectivity index (χ1n) is 5.60. The maximum absolute atomic E-state index is 11.2. The third-order valence-corrected chi connectivity index (χ3v) is 2.36. The van der Waals surface area contributed by atoms with Crippen LogP contribution in [0.5, 0.6) is 5.88 Å². The van der Waals surface area contributed by atoms with Crippen LogP contribution >= 0.6 is 0 Å². The largest absolute Gasteiger partial charge is 0.481 e. The van der Waals surface area contributed by atoms with Crippen LogP contribution in [0.1, 0.15) is 25.0 Å². The zero-order valence-corrected chi connectivity index (χ0v) is 10.4. The molecule has 1 aromatic rings. The van der Waals surface area contributed by atoms with E-state index < -0.39 is 18.2 Å². The first kappa shape index (κ1) is 14.4. The molecule has 1 heterocycles. The smallest absolute Gasteiger partial charge is 0.308 e. The summed E-state index contributed by atoms with van der Waals surface area (Å²) in [6.07, 6.45) is -1.23. The van der Waals surface area contributed by atoms with Crippen LogP contribution in [0.4, 0.5) is 0 Å². The average molecular weight is 255 g/mol. The van der Waals surface area contributed by atoms with Gasteiger partial charge in [-0.25, -0.2) is 4.98 Å². The lowest BCUT2D eigenvalue weighted by Gasteiger charge is -2.17. The number of ether oxygens (including phenoxy) is 2. The number of hydrogen-bond acceptors (Lipinski definition) is 6. The molecule has 0 aliphatic heterocycles. The zero-order chi connectivity index (χ0) is 13.5. The molecule has 0 radical (unpaired) electrons. The summed E-state index contributed by atoms with van der Waals surface area (Å²) in [5, 5.41) is 19.6. The van der Waals surface area contributed by atoms with Crippen molar-refractivity contribution in [3.63, 3.8) is 0 Å². The molecule has 6 nitrogen and oxygen atoms in total. The maximum atomic E-state index is 11.2. The molecule has 100 valence electrons. The van der Waals surface area contributed by atoms with E-state index in [1.165, 1.54) is 19.4 Å². The quantitative estimate of drug-likeness (QED) is 0.717. The van der Waals surface area contributed by atoms with Crippen molar-refractivity contribution < 1.29 is 24.5 Å². The fourth-order valence-electron chi connectivity index (χ4n) is 1.44. The van der Waals surface area contributed by atoms with Gasteiger partial charge in [-0.05, 0) is 18.6 Å². The number of carbonyl (C=O) groups excluding carboxylic acids is 1. The summed E-state index contributed by atoms with van der Waals surface area (Å²) in [6.45, 7) is 1.92. The van der Waals surface area contributed by atoms with Gasteiger partial charge in [0.05, 0.1) is 26.2 Å². The second kappa shape index (κ2) is 6.93. The van der Waals surface area contributed by atoms with Crippen LogP contribution < -0.4 is 4.74 Å². The Bertz CT molecular complexity index is 396. The lowest BCUT2D eigenvalue weighted by molar-refractivity contribution is -0.147. The molecule has 0 amide bonds. The Morgan fingerprint density at radius 3 is 2.83 bits per heavy atom. The number of aromatic nitrogens is 1. The van der Waals surface area contributed by atoms with Gasteiger partial charge in [0.15, 0.2) is 0 Å². The highest BCUT2D eigenvalue weighted by molar-refractivity contribution is 5.70. The minimum absolute atomic E-state index is 0.241. The van der Waals surface area contributed by atoms with E-state index in [0.29, 0.717) is 11.4 Å². The molecule has 0 fully saturated rings.